The average Bonchev–Trinajstić information content (AvgIpc) is 2.52. The van der Waals surface area contributed by atoms with Crippen LogP contribution in [0.3, 0.4) is 0 Å². The van der Waals surface area contributed by atoms with E-state index in [0.717, 1.165) is 31.7 Å². The molecule has 4 rings (SSSR count). The van der Waals surface area contributed by atoms with Gasteiger partial charge in [-0.25, -0.2) is 4.39 Å². The summed E-state index contributed by atoms with van der Waals surface area (Å²) >= 11 is 6.17. The Kier molecular flexibility index (Phi) is 3.74. The highest BCUT2D eigenvalue weighted by Crippen LogP contribution is 2.30. The third-order valence-electron chi connectivity index (χ3n) is 5.16. The zero-order chi connectivity index (χ0) is 16.0. The van der Waals surface area contributed by atoms with Gasteiger partial charge in [0, 0.05) is 30.1 Å². The highest BCUT2D eigenvalue weighted by Gasteiger charge is 2.37. The van der Waals surface area contributed by atoms with Crippen molar-refractivity contribution in [2.24, 2.45) is 5.92 Å². The number of quaternary nitrogens is 1. The second-order valence-electron chi connectivity index (χ2n) is 6.73. The van der Waals surface area contributed by atoms with Gasteiger partial charge < -0.3 is 9.47 Å². The first-order valence-electron chi connectivity index (χ1n) is 8.08. The van der Waals surface area contributed by atoms with E-state index in [0.29, 0.717) is 29.0 Å². The quantitative estimate of drug-likeness (QED) is 0.892. The molecular formula is C18H19ClFN2O+. The highest BCUT2D eigenvalue weighted by molar-refractivity contribution is 6.31. The molecule has 2 aliphatic rings. The maximum absolute atomic E-state index is 14.0. The topological polar surface area (TPSA) is 26.4 Å². The molecule has 1 N–H and O–H groups in total. The molecule has 0 spiro atoms. The normalized spacial score (nSPS) is 25.9. The lowest BCUT2D eigenvalue weighted by Crippen LogP contribution is -3.13. The Balaban J connectivity index is 1.60. The summed E-state index contributed by atoms with van der Waals surface area (Å²) in [5.41, 5.74) is 1.83. The van der Waals surface area contributed by atoms with Crippen LogP contribution in [0.15, 0.2) is 41.2 Å². The molecule has 0 aliphatic carbocycles. The van der Waals surface area contributed by atoms with Crippen molar-refractivity contribution < 1.29 is 9.29 Å². The molecule has 1 fully saturated rings. The van der Waals surface area contributed by atoms with Crippen molar-refractivity contribution in [3.05, 3.63) is 68.8 Å². The second-order valence-corrected chi connectivity index (χ2v) is 7.14. The fraction of sp³-hybridized carbons (Fsp3) is 0.389. The highest BCUT2D eigenvalue weighted by atomic mass is 35.5. The lowest BCUT2D eigenvalue weighted by atomic mass is 9.83. The monoisotopic (exact) mass is 333 g/mol. The van der Waals surface area contributed by atoms with Crippen LogP contribution in [0.1, 0.15) is 23.6 Å². The summed E-state index contributed by atoms with van der Waals surface area (Å²) in [4.78, 5) is 13.4. The molecule has 3 nitrogen and oxygen atoms in total. The van der Waals surface area contributed by atoms with Gasteiger partial charge in [-0.2, -0.15) is 0 Å². The number of rotatable bonds is 2. The van der Waals surface area contributed by atoms with Crippen LogP contribution in [0.5, 0.6) is 0 Å². The number of halogens is 2. The number of nitrogens with one attached hydrogen (secondary N) is 1. The standard InChI is InChI=1S/C18H18ClFN2O/c19-15-3-1-4-16(20)14(15)11-21-8-12-7-13(10-21)17-5-2-6-18(23)22(17)9-12/h1-6,12-13H,7-11H2/p+1/t12-,13+/m1/s1. The van der Waals surface area contributed by atoms with Crippen LogP contribution in [-0.4, -0.2) is 17.7 Å². The van der Waals surface area contributed by atoms with E-state index in [1.807, 2.05) is 10.6 Å². The molecule has 3 heterocycles. The van der Waals surface area contributed by atoms with Crippen LogP contribution in [-0.2, 0) is 13.1 Å². The number of hydrogen-bond donors (Lipinski definition) is 1. The Morgan fingerprint density at radius 3 is 2.87 bits per heavy atom. The van der Waals surface area contributed by atoms with Gasteiger partial charge in [-0.1, -0.05) is 23.7 Å². The molecule has 3 atom stereocenters. The largest absolute Gasteiger partial charge is 0.330 e. The molecule has 5 heteroatoms. The zero-order valence-electron chi connectivity index (χ0n) is 12.8. The summed E-state index contributed by atoms with van der Waals surface area (Å²) in [6.45, 7) is 3.27. The lowest BCUT2D eigenvalue weighted by molar-refractivity contribution is -0.924. The summed E-state index contributed by atoms with van der Waals surface area (Å²) in [6.07, 6.45) is 1.12. The van der Waals surface area contributed by atoms with Gasteiger partial charge in [0.15, 0.2) is 0 Å². The third kappa shape index (κ3) is 2.70. The molecule has 0 radical (unpaired) electrons. The molecule has 1 aromatic heterocycles. The summed E-state index contributed by atoms with van der Waals surface area (Å²) < 4.78 is 16.0. The number of piperidine rings is 1. The van der Waals surface area contributed by atoms with Crippen LogP contribution < -0.4 is 10.5 Å². The van der Waals surface area contributed by atoms with Crippen LogP contribution in [0.25, 0.3) is 0 Å². The van der Waals surface area contributed by atoms with Gasteiger partial charge in [0.25, 0.3) is 5.56 Å². The van der Waals surface area contributed by atoms with Crippen molar-refractivity contribution in [3.63, 3.8) is 0 Å². The van der Waals surface area contributed by atoms with E-state index < -0.39 is 0 Å². The number of fused-ring (bicyclic) bond motifs is 4. The molecule has 2 aliphatic heterocycles. The van der Waals surface area contributed by atoms with Crippen LogP contribution in [0.4, 0.5) is 4.39 Å². The van der Waals surface area contributed by atoms with Crippen molar-refractivity contribution >= 4 is 11.6 Å². The number of benzene rings is 1. The second kappa shape index (κ2) is 5.77. The van der Waals surface area contributed by atoms with Gasteiger partial charge >= 0.3 is 0 Å². The molecule has 120 valence electrons. The Bertz CT molecular complexity index is 784. The first-order chi connectivity index (χ1) is 11.1. The number of pyridine rings is 1. The van der Waals surface area contributed by atoms with Crippen molar-refractivity contribution in [2.45, 2.75) is 25.4 Å². The Hall–Kier alpha value is -1.65. The first-order valence-corrected chi connectivity index (χ1v) is 8.46. The summed E-state index contributed by atoms with van der Waals surface area (Å²) in [5.74, 6) is 0.621. The Morgan fingerprint density at radius 2 is 2.04 bits per heavy atom. The Morgan fingerprint density at radius 1 is 1.22 bits per heavy atom. The predicted octanol–water partition coefficient (Wildman–Crippen LogP) is 1.84. The van der Waals surface area contributed by atoms with Crippen LogP contribution in [0.2, 0.25) is 5.02 Å². The van der Waals surface area contributed by atoms with Gasteiger partial charge in [0.1, 0.15) is 12.4 Å². The van der Waals surface area contributed by atoms with Gasteiger partial charge in [0.05, 0.1) is 23.7 Å². The van der Waals surface area contributed by atoms with Gasteiger partial charge in [-0.15, -0.1) is 0 Å². The van der Waals surface area contributed by atoms with E-state index in [4.69, 9.17) is 11.6 Å². The molecule has 1 saturated heterocycles. The van der Waals surface area contributed by atoms with Gasteiger partial charge in [-0.3, -0.25) is 4.79 Å². The maximum Gasteiger partial charge on any atom is 0.250 e. The number of hydrogen-bond acceptors (Lipinski definition) is 1. The third-order valence-corrected chi connectivity index (χ3v) is 5.52. The Labute approximate surface area is 139 Å². The van der Waals surface area contributed by atoms with E-state index in [-0.39, 0.29) is 11.4 Å². The SMILES string of the molecule is O=c1cccc2n1C[C@@H]1C[C@H]2C[NH+](Cc2c(F)cccc2Cl)C1. The molecular weight excluding hydrogens is 315 g/mol. The predicted molar refractivity (Wildman–Crippen MR) is 87.4 cm³/mol. The average molecular weight is 334 g/mol. The van der Waals surface area contributed by atoms with E-state index in [2.05, 4.69) is 6.07 Å². The van der Waals surface area contributed by atoms with Crippen molar-refractivity contribution in [1.82, 2.24) is 4.57 Å². The molecule has 1 unspecified atom stereocenters. The van der Waals surface area contributed by atoms with E-state index in [9.17, 15) is 9.18 Å². The number of likely N-dealkylation sites (tertiary alicyclic amines) is 1. The van der Waals surface area contributed by atoms with Gasteiger partial charge in [-0.05, 0) is 24.6 Å². The van der Waals surface area contributed by atoms with Gasteiger partial charge in [0.2, 0.25) is 0 Å². The minimum atomic E-state index is -0.225. The first kappa shape index (κ1) is 14.9. The van der Waals surface area contributed by atoms with Crippen molar-refractivity contribution in [2.75, 3.05) is 13.1 Å². The molecule has 0 amide bonds. The minimum Gasteiger partial charge on any atom is -0.330 e. The van der Waals surface area contributed by atoms with Crippen molar-refractivity contribution in [3.8, 4) is 0 Å². The maximum atomic E-state index is 14.0. The lowest BCUT2D eigenvalue weighted by Gasteiger charge is -2.40. The van der Waals surface area contributed by atoms with E-state index >= 15 is 0 Å². The van der Waals surface area contributed by atoms with E-state index in [1.165, 1.54) is 11.0 Å². The molecule has 1 aromatic carbocycles. The van der Waals surface area contributed by atoms with Crippen LogP contribution >= 0.6 is 11.6 Å². The molecule has 23 heavy (non-hydrogen) atoms. The summed E-state index contributed by atoms with van der Waals surface area (Å²) in [5, 5.41) is 0.504. The molecule has 2 aromatic rings. The van der Waals surface area contributed by atoms with E-state index in [1.54, 1.807) is 18.2 Å². The fourth-order valence-electron chi connectivity index (χ4n) is 4.22. The number of aromatic nitrogens is 1. The summed E-state index contributed by atoms with van der Waals surface area (Å²) in [7, 11) is 0. The fourth-order valence-corrected chi connectivity index (χ4v) is 4.45. The zero-order valence-corrected chi connectivity index (χ0v) is 13.5. The van der Waals surface area contributed by atoms with Crippen LogP contribution in [0, 0.1) is 11.7 Å². The smallest absolute Gasteiger partial charge is 0.250 e. The van der Waals surface area contributed by atoms with Crippen molar-refractivity contribution in [1.29, 1.82) is 0 Å². The number of nitrogens with zero attached hydrogens (tertiary/aromatic N) is 1. The molecule has 2 bridgehead atoms. The summed E-state index contributed by atoms with van der Waals surface area (Å²) in [6, 6.07) is 10.4. The molecule has 0 saturated carbocycles. The minimum absolute atomic E-state index is 0.0952.